The van der Waals surface area contributed by atoms with Crippen molar-refractivity contribution in [1.29, 1.82) is 0 Å². The lowest BCUT2D eigenvalue weighted by atomic mass is 10.1. The number of rotatable bonds is 19. The van der Waals surface area contributed by atoms with Crippen LogP contribution in [0.1, 0.15) is 75.2 Å². The quantitative estimate of drug-likeness (QED) is 0.145. The summed E-state index contributed by atoms with van der Waals surface area (Å²) in [5.74, 6) is -1.28. The van der Waals surface area contributed by atoms with E-state index in [1.165, 1.54) is 0 Å². The van der Waals surface area contributed by atoms with E-state index in [1.807, 2.05) is 20.8 Å². The molecule has 11 nitrogen and oxygen atoms in total. The molecule has 1 unspecified atom stereocenters. The molecule has 0 radical (unpaired) electrons. The highest BCUT2D eigenvalue weighted by Gasteiger charge is 2.29. The van der Waals surface area contributed by atoms with Crippen molar-refractivity contribution in [2.45, 2.75) is 98.0 Å². The summed E-state index contributed by atoms with van der Waals surface area (Å²) in [6.45, 7) is 19.5. The SMILES string of the molecule is CC(C)(C)OC(=O)CCOCCOCCOCCOCCNC(CC(=O)OC(C)(C)C)C(=O)OC(C)(C)C. The fourth-order valence-electron chi connectivity index (χ4n) is 2.78. The number of hydrogen-bond donors (Lipinski definition) is 1. The summed E-state index contributed by atoms with van der Waals surface area (Å²) in [6.07, 6.45) is 0.0748. The summed E-state index contributed by atoms with van der Waals surface area (Å²) in [6, 6.07) is -0.831. The van der Waals surface area contributed by atoms with Gasteiger partial charge < -0.3 is 38.5 Å². The number of nitrogens with one attached hydrogen (secondary N) is 1. The van der Waals surface area contributed by atoms with Gasteiger partial charge in [-0.25, -0.2) is 0 Å². The number of ether oxygens (including phenoxy) is 7. The van der Waals surface area contributed by atoms with Gasteiger partial charge in [0.25, 0.3) is 0 Å². The Morgan fingerprint density at radius 2 is 0.947 bits per heavy atom. The average Bonchev–Trinajstić information content (AvgIpc) is 2.71. The second-order valence-corrected chi connectivity index (χ2v) is 11.6. The van der Waals surface area contributed by atoms with Crippen molar-refractivity contribution in [3.8, 4) is 0 Å². The summed E-state index contributed by atoms with van der Waals surface area (Å²) in [5, 5.41) is 3.02. The molecule has 0 rings (SSSR count). The molecular formula is C27H51NO10. The highest BCUT2D eigenvalue weighted by atomic mass is 16.6. The van der Waals surface area contributed by atoms with Crippen molar-refractivity contribution in [2.75, 3.05) is 59.4 Å². The topological polar surface area (TPSA) is 128 Å². The maximum atomic E-state index is 12.5. The number of carbonyl (C=O) groups excluding carboxylic acids is 3. The summed E-state index contributed by atoms with van der Waals surface area (Å²) in [5.41, 5.74) is -1.80. The van der Waals surface area contributed by atoms with Crippen molar-refractivity contribution in [3.63, 3.8) is 0 Å². The molecule has 0 aliphatic rings. The van der Waals surface area contributed by atoms with Gasteiger partial charge in [0.2, 0.25) is 0 Å². The maximum Gasteiger partial charge on any atom is 0.324 e. The first-order valence-electron chi connectivity index (χ1n) is 13.2. The van der Waals surface area contributed by atoms with Gasteiger partial charge >= 0.3 is 17.9 Å². The molecule has 0 heterocycles. The van der Waals surface area contributed by atoms with E-state index in [-0.39, 0.29) is 18.8 Å². The van der Waals surface area contributed by atoms with Crippen LogP contribution in [0.2, 0.25) is 0 Å². The Kier molecular flexibility index (Phi) is 17.6. The maximum absolute atomic E-state index is 12.5. The van der Waals surface area contributed by atoms with Crippen LogP contribution in [0.5, 0.6) is 0 Å². The van der Waals surface area contributed by atoms with Gasteiger partial charge in [-0.15, -0.1) is 0 Å². The number of esters is 3. The molecule has 0 saturated carbocycles. The summed E-state index contributed by atoms with van der Waals surface area (Å²) >= 11 is 0. The zero-order chi connectivity index (χ0) is 29.2. The minimum absolute atomic E-state index is 0.135. The largest absolute Gasteiger partial charge is 0.460 e. The Hall–Kier alpha value is -1.79. The molecule has 0 spiro atoms. The summed E-state index contributed by atoms with van der Waals surface area (Å²) in [7, 11) is 0. The molecule has 38 heavy (non-hydrogen) atoms. The lowest BCUT2D eigenvalue weighted by Crippen LogP contribution is -2.44. The van der Waals surface area contributed by atoms with Crippen molar-refractivity contribution in [3.05, 3.63) is 0 Å². The molecule has 224 valence electrons. The lowest BCUT2D eigenvalue weighted by Gasteiger charge is -2.25. The second kappa shape index (κ2) is 18.5. The van der Waals surface area contributed by atoms with Crippen LogP contribution in [0, 0.1) is 0 Å². The Morgan fingerprint density at radius 1 is 0.553 bits per heavy atom. The molecule has 0 bridgehead atoms. The second-order valence-electron chi connectivity index (χ2n) is 11.6. The molecule has 0 aromatic heterocycles. The predicted molar refractivity (Wildman–Crippen MR) is 142 cm³/mol. The molecule has 0 amide bonds. The molecule has 0 saturated heterocycles. The van der Waals surface area contributed by atoms with Crippen molar-refractivity contribution < 1.29 is 47.5 Å². The number of hydrogen-bond acceptors (Lipinski definition) is 11. The Balaban J connectivity index is 3.89. The normalized spacial score (nSPS) is 13.2. The highest BCUT2D eigenvalue weighted by molar-refractivity contribution is 5.83. The van der Waals surface area contributed by atoms with E-state index in [1.54, 1.807) is 41.5 Å². The highest BCUT2D eigenvalue weighted by Crippen LogP contribution is 2.13. The Morgan fingerprint density at radius 3 is 1.39 bits per heavy atom. The van der Waals surface area contributed by atoms with E-state index < -0.39 is 34.8 Å². The molecule has 0 aliphatic carbocycles. The zero-order valence-corrected chi connectivity index (χ0v) is 24.9. The lowest BCUT2D eigenvalue weighted by molar-refractivity contribution is -0.164. The van der Waals surface area contributed by atoms with Crippen molar-refractivity contribution in [1.82, 2.24) is 5.32 Å². The fourth-order valence-corrected chi connectivity index (χ4v) is 2.78. The molecule has 11 heteroatoms. The van der Waals surface area contributed by atoms with E-state index in [2.05, 4.69) is 5.32 Å². The van der Waals surface area contributed by atoms with E-state index >= 15 is 0 Å². The Bertz CT molecular complexity index is 677. The first-order valence-corrected chi connectivity index (χ1v) is 13.2. The van der Waals surface area contributed by atoms with Gasteiger partial charge in [-0.2, -0.15) is 0 Å². The summed E-state index contributed by atoms with van der Waals surface area (Å²) < 4.78 is 37.7. The standard InChI is InChI=1S/C27H51NO10/c1-25(2,3)36-22(29)10-12-32-14-16-34-18-19-35-17-15-33-13-11-28-21(24(31)38-27(7,8)9)20-23(30)37-26(4,5)6/h21,28H,10-20H2,1-9H3. The predicted octanol–water partition coefficient (Wildman–Crippen LogP) is 2.82. The molecule has 0 aliphatic heterocycles. The van der Waals surface area contributed by atoms with Crippen LogP contribution in [0.25, 0.3) is 0 Å². The van der Waals surface area contributed by atoms with Crippen molar-refractivity contribution in [2.24, 2.45) is 0 Å². The van der Waals surface area contributed by atoms with Crippen LogP contribution in [0.4, 0.5) is 0 Å². The third-order valence-corrected chi connectivity index (χ3v) is 4.11. The monoisotopic (exact) mass is 549 g/mol. The van der Waals surface area contributed by atoms with Gasteiger partial charge in [0.15, 0.2) is 0 Å². The van der Waals surface area contributed by atoms with Crippen LogP contribution in [-0.2, 0) is 47.5 Å². The third kappa shape index (κ3) is 24.5. The molecule has 0 fully saturated rings. The zero-order valence-electron chi connectivity index (χ0n) is 24.9. The van der Waals surface area contributed by atoms with Crippen LogP contribution < -0.4 is 5.32 Å². The molecular weight excluding hydrogens is 498 g/mol. The van der Waals surface area contributed by atoms with Gasteiger partial charge in [0.05, 0.1) is 65.7 Å². The van der Waals surface area contributed by atoms with Crippen LogP contribution >= 0.6 is 0 Å². The van der Waals surface area contributed by atoms with Gasteiger partial charge in [-0.1, -0.05) is 0 Å². The van der Waals surface area contributed by atoms with Crippen molar-refractivity contribution >= 4 is 17.9 Å². The first-order chi connectivity index (χ1) is 17.5. The molecule has 0 aromatic rings. The van der Waals surface area contributed by atoms with E-state index in [4.69, 9.17) is 33.2 Å². The minimum Gasteiger partial charge on any atom is -0.460 e. The van der Waals surface area contributed by atoms with Gasteiger partial charge in [-0.3, -0.25) is 14.4 Å². The molecule has 1 N–H and O–H groups in total. The van der Waals surface area contributed by atoms with Gasteiger partial charge in [0.1, 0.15) is 22.8 Å². The van der Waals surface area contributed by atoms with E-state index in [0.29, 0.717) is 59.4 Å². The Labute approximate surface area is 228 Å². The van der Waals surface area contributed by atoms with Crippen LogP contribution in [-0.4, -0.2) is 100 Å². The van der Waals surface area contributed by atoms with Crippen LogP contribution in [0.15, 0.2) is 0 Å². The average molecular weight is 550 g/mol. The minimum atomic E-state index is -0.831. The summed E-state index contributed by atoms with van der Waals surface area (Å²) in [4.78, 5) is 36.3. The number of carbonyl (C=O) groups is 3. The van der Waals surface area contributed by atoms with E-state index in [9.17, 15) is 14.4 Å². The first kappa shape index (κ1) is 36.2. The molecule has 0 aromatic carbocycles. The third-order valence-electron chi connectivity index (χ3n) is 4.11. The smallest absolute Gasteiger partial charge is 0.324 e. The molecule has 1 atom stereocenters. The van der Waals surface area contributed by atoms with E-state index in [0.717, 1.165) is 0 Å². The van der Waals surface area contributed by atoms with Gasteiger partial charge in [0, 0.05) is 6.54 Å². The van der Waals surface area contributed by atoms with Gasteiger partial charge in [-0.05, 0) is 62.3 Å². The van der Waals surface area contributed by atoms with Crippen LogP contribution in [0.3, 0.4) is 0 Å². The fraction of sp³-hybridized carbons (Fsp3) is 0.889.